The van der Waals surface area contributed by atoms with Crippen LogP contribution in [0, 0.1) is 19.8 Å². The van der Waals surface area contributed by atoms with Crippen LogP contribution in [-0.4, -0.2) is 20.6 Å². The highest BCUT2D eigenvalue weighted by atomic mass is 16.4. The fraction of sp³-hybridized carbons (Fsp3) is 0.667. The topological polar surface area (TPSA) is 72.2 Å². The second-order valence-corrected chi connectivity index (χ2v) is 5.78. The van der Waals surface area contributed by atoms with E-state index < -0.39 is 5.97 Å². The number of hydrogen-bond acceptors (Lipinski definition) is 3. The largest absolute Gasteiger partial charge is 0.481 e. The molecule has 1 aromatic rings. The van der Waals surface area contributed by atoms with Gasteiger partial charge in [-0.25, -0.2) is 4.79 Å². The molecule has 110 valence electrons. The average molecular weight is 278 g/mol. The van der Waals surface area contributed by atoms with Crippen LogP contribution in [0.2, 0.25) is 0 Å². The molecule has 2 rings (SSSR count). The molecule has 1 aliphatic carbocycles. The molecule has 20 heavy (non-hydrogen) atoms. The number of aryl methyl sites for hydroxylation is 1. The summed E-state index contributed by atoms with van der Waals surface area (Å²) in [5.74, 6) is -0.348. The Morgan fingerprint density at radius 1 is 1.40 bits per heavy atom. The summed E-state index contributed by atoms with van der Waals surface area (Å²) in [5, 5.41) is 8.85. The minimum atomic E-state index is -0.823. The highest BCUT2D eigenvalue weighted by Gasteiger charge is 2.28. The van der Waals surface area contributed by atoms with E-state index in [1.807, 2.05) is 6.92 Å². The summed E-state index contributed by atoms with van der Waals surface area (Å²) in [6.07, 6.45) is 3.78. The first kappa shape index (κ1) is 14.8. The lowest BCUT2D eigenvalue weighted by atomic mass is 10.0. The molecule has 1 N–H and O–H groups in total. The molecule has 0 spiro atoms. The lowest BCUT2D eigenvalue weighted by molar-refractivity contribution is -0.136. The summed E-state index contributed by atoms with van der Waals surface area (Å²) in [6.45, 7) is 5.87. The summed E-state index contributed by atoms with van der Waals surface area (Å²) >= 11 is 0. The number of nitrogens with zero attached hydrogens (tertiary/aromatic N) is 2. The first-order valence-electron chi connectivity index (χ1n) is 7.22. The van der Waals surface area contributed by atoms with Gasteiger partial charge < -0.3 is 5.11 Å². The summed E-state index contributed by atoms with van der Waals surface area (Å²) in [5.41, 5.74) is 2.27. The second-order valence-electron chi connectivity index (χ2n) is 5.78. The summed E-state index contributed by atoms with van der Waals surface area (Å²) in [7, 11) is 0. The summed E-state index contributed by atoms with van der Waals surface area (Å²) in [4.78, 5) is 27.1. The van der Waals surface area contributed by atoms with Crippen LogP contribution >= 0.6 is 0 Å². The molecule has 5 heteroatoms. The van der Waals surface area contributed by atoms with Crippen molar-refractivity contribution in [2.45, 2.75) is 58.9 Å². The fourth-order valence-corrected chi connectivity index (χ4v) is 3.31. The number of carboxylic acids is 1. The number of aromatic nitrogens is 2. The van der Waals surface area contributed by atoms with Gasteiger partial charge in [0.25, 0.3) is 0 Å². The Hall–Kier alpha value is -1.65. The minimum Gasteiger partial charge on any atom is -0.481 e. The molecule has 0 aromatic carbocycles. The van der Waals surface area contributed by atoms with Crippen LogP contribution in [0.1, 0.15) is 55.6 Å². The number of rotatable bonds is 4. The Morgan fingerprint density at radius 2 is 2.10 bits per heavy atom. The van der Waals surface area contributed by atoms with Crippen LogP contribution in [0.15, 0.2) is 4.79 Å². The Morgan fingerprint density at radius 3 is 2.65 bits per heavy atom. The zero-order valence-electron chi connectivity index (χ0n) is 12.3. The van der Waals surface area contributed by atoms with Gasteiger partial charge >= 0.3 is 11.7 Å². The van der Waals surface area contributed by atoms with E-state index in [4.69, 9.17) is 5.11 Å². The van der Waals surface area contributed by atoms with Crippen molar-refractivity contribution in [1.82, 2.24) is 9.55 Å². The fourth-order valence-electron chi connectivity index (χ4n) is 3.31. The second kappa shape index (κ2) is 5.77. The molecule has 2 atom stereocenters. The molecule has 0 aliphatic heterocycles. The Balaban J connectivity index is 2.44. The van der Waals surface area contributed by atoms with Crippen LogP contribution in [0.4, 0.5) is 0 Å². The van der Waals surface area contributed by atoms with Crippen molar-refractivity contribution < 1.29 is 9.90 Å². The van der Waals surface area contributed by atoms with Crippen molar-refractivity contribution in [3.63, 3.8) is 0 Å². The standard InChI is InChI=1S/C15H22N2O3/c1-9-5-4-6-13(9)17-11(3)12(7-8-14(18)19)10(2)16-15(17)20/h9,13H,4-8H2,1-3H3,(H,18,19). The number of aliphatic carboxylic acids is 1. The van der Waals surface area contributed by atoms with Crippen molar-refractivity contribution in [2.75, 3.05) is 0 Å². The molecular formula is C15H22N2O3. The van der Waals surface area contributed by atoms with Gasteiger partial charge in [0.1, 0.15) is 0 Å². The van der Waals surface area contributed by atoms with Crippen molar-refractivity contribution in [3.8, 4) is 0 Å². The van der Waals surface area contributed by atoms with Crippen LogP contribution in [0.3, 0.4) is 0 Å². The first-order valence-corrected chi connectivity index (χ1v) is 7.22. The van der Waals surface area contributed by atoms with Gasteiger partial charge in [-0.1, -0.05) is 13.3 Å². The number of hydrogen-bond donors (Lipinski definition) is 1. The third-order valence-corrected chi connectivity index (χ3v) is 4.44. The monoisotopic (exact) mass is 278 g/mol. The molecule has 1 fully saturated rings. The quantitative estimate of drug-likeness (QED) is 0.916. The van der Waals surface area contributed by atoms with Crippen molar-refractivity contribution >= 4 is 5.97 Å². The van der Waals surface area contributed by atoms with Gasteiger partial charge in [0.2, 0.25) is 0 Å². The Kier molecular flexibility index (Phi) is 4.26. The third kappa shape index (κ3) is 2.76. The molecule has 5 nitrogen and oxygen atoms in total. The minimum absolute atomic E-state index is 0.0712. The van der Waals surface area contributed by atoms with E-state index >= 15 is 0 Å². The van der Waals surface area contributed by atoms with Gasteiger partial charge in [-0.05, 0) is 44.6 Å². The van der Waals surface area contributed by atoms with E-state index in [2.05, 4.69) is 11.9 Å². The van der Waals surface area contributed by atoms with Gasteiger partial charge in [0.15, 0.2) is 0 Å². The molecule has 0 radical (unpaired) electrons. The number of carboxylic acid groups (broad SMARTS) is 1. The van der Waals surface area contributed by atoms with E-state index in [1.54, 1.807) is 11.5 Å². The maximum absolute atomic E-state index is 12.2. The van der Waals surface area contributed by atoms with Crippen LogP contribution in [-0.2, 0) is 11.2 Å². The molecule has 0 saturated heterocycles. The predicted octanol–water partition coefficient (Wildman–Crippen LogP) is 2.24. The molecule has 2 unspecified atom stereocenters. The molecule has 1 saturated carbocycles. The highest BCUT2D eigenvalue weighted by molar-refractivity contribution is 5.67. The van der Waals surface area contributed by atoms with Crippen molar-refractivity contribution in [1.29, 1.82) is 0 Å². The zero-order valence-corrected chi connectivity index (χ0v) is 12.3. The van der Waals surface area contributed by atoms with Crippen molar-refractivity contribution in [3.05, 3.63) is 27.4 Å². The van der Waals surface area contributed by atoms with Gasteiger partial charge in [-0.3, -0.25) is 9.36 Å². The summed E-state index contributed by atoms with van der Waals surface area (Å²) in [6, 6.07) is 0.208. The van der Waals surface area contributed by atoms with Crippen LogP contribution in [0.5, 0.6) is 0 Å². The van der Waals surface area contributed by atoms with Gasteiger partial charge in [-0.2, -0.15) is 4.98 Å². The van der Waals surface area contributed by atoms with Gasteiger partial charge in [0.05, 0.1) is 0 Å². The lowest BCUT2D eigenvalue weighted by Crippen LogP contribution is -2.32. The normalized spacial score (nSPS) is 22.1. The van der Waals surface area contributed by atoms with Crippen LogP contribution in [0.25, 0.3) is 0 Å². The number of carbonyl (C=O) groups is 1. The first-order chi connectivity index (χ1) is 9.41. The Labute approximate surface area is 118 Å². The van der Waals surface area contributed by atoms with Gasteiger partial charge in [0, 0.05) is 23.9 Å². The third-order valence-electron chi connectivity index (χ3n) is 4.44. The highest BCUT2D eigenvalue weighted by Crippen LogP contribution is 2.35. The Bertz CT molecular complexity index is 577. The van der Waals surface area contributed by atoms with E-state index in [9.17, 15) is 9.59 Å². The van der Waals surface area contributed by atoms with Crippen LogP contribution < -0.4 is 5.69 Å². The SMILES string of the molecule is Cc1nc(=O)n(C2CCCC2C)c(C)c1CCC(=O)O. The average Bonchev–Trinajstić information content (AvgIpc) is 2.74. The molecule has 0 amide bonds. The van der Waals surface area contributed by atoms with E-state index in [0.717, 1.165) is 30.5 Å². The van der Waals surface area contributed by atoms with E-state index in [0.29, 0.717) is 18.0 Å². The molecule has 1 aliphatic rings. The van der Waals surface area contributed by atoms with Gasteiger partial charge in [-0.15, -0.1) is 0 Å². The predicted molar refractivity (Wildman–Crippen MR) is 76.0 cm³/mol. The van der Waals surface area contributed by atoms with E-state index in [-0.39, 0.29) is 18.2 Å². The molecule has 0 bridgehead atoms. The smallest absolute Gasteiger partial charge is 0.348 e. The maximum Gasteiger partial charge on any atom is 0.348 e. The maximum atomic E-state index is 12.2. The molecule has 1 aromatic heterocycles. The van der Waals surface area contributed by atoms with E-state index in [1.165, 1.54) is 0 Å². The lowest BCUT2D eigenvalue weighted by Gasteiger charge is -2.23. The summed E-state index contributed by atoms with van der Waals surface area (Å²) < 4.78 is 1.79. The molecular weight excluding hydrogens is 256 g/mol. The zero-order chi connectivity index (χ0) is 14.9. The molecule has 1 heterocycles. The van der Waals surface area contributed by atoms with Crippen molar-refractivity contribution in [2.24, 2.45) is 5.92 Å².